The van der Waals surface area contributed by atoms with Crippen LogP contribution in [0.1, 0.15) is 19.4 Å². The summed E-state index contributed by atoms with van der Waals surface area (Å²) in [5, 5.41) is 2.82. The van der Waals surface area contributed by atoms with Gasteiger partial charge in [0, 0.05) is 25.6 Å². The van der Waals surface area contributed by atoms with E-state index in [2.05, 4.69) is 11.2 Å². The van der Waals surface area contributed by atoms with Crippen molar-refractivity contribution in [2.45, 2.75) is 19.6 Å². The van der Waals surface area contributed by atoms with Gasteiger partial charge in [0.05, 0.1) is 5.69 Å². The van der Waals surface area contributed by atoms with Crippen LogP contribution in [0.2, 0.25) is 0 Å². The maximum absolute atomic E-state index is 11.7. The summed E-state index contributed by atoms with van der Waals surface area (Å²) in [6.07, 6.45) is 6.59. The summed E-state index contributed by atoms with van der Waals surface area (Å²) in [5.41, 5.74) is 1.01. The van der Waals surface area contributed by atoms with Crippen molar-refractivity contribution in [2.24, 2.45) is 0 Å². The fourth-order valence-electron chi connectivity index (χ4n) is 1.66. The average molecular weight is 271 g/mol. The molecule has 0 amide bonds. The largest absolute Gasteiger partial charge is 0.419 e. The van der Waals surface area contributed by atoms with E-state index in [0.717, 1.165) is 0 Å². The molecule has 5 nitrogen and oxygen atoms in total. The molecule has 0 bridgehead atoms. The highest BCUT2D eigenvalue weighted by molar-refractivity contribution is 6.15. The normalized spacial score (nSPS) is 16.8. The number of rotatable bonds is 2. The zero-order valence-electron chi connectivity index (χ0n) is 11.1. The summed E-state index contributed by atoms with van der Waals surface area (Å²) in [5.74, 6) is -0.231. The molecule has 1 aromatic carbocycles. The minimum atomic E-state index is -1.25. The summed E-state index contributed by atoms with van der Waals surface area (Å²) in [7, 11) is 0. The molecule has 1 fully saturated rings. The number of hydrogen-bond donors (Lipinski definition) is 1. The number of terminal acetylenes is 1. The van der Waals surface area contributed by atoms with Gasteiger partial charge in [-0.2, -0.15) is 0 Å². The Labute approximate surface area is 116 Å². The van der Waals surface area contributed by atoms with E-state index in [1.807, 2.05) is 0 Å². The van der Waals surface area contributed by atoms with Crippen LogP contribution in [0.25, 0.3) is 0 Å². The highest BCUT2D eigenvalue weighted by Crippen LogP contribution is 2.23. The second-order valence-corrected chi connectivity index (χ2v) is 4.57. The standard InChI is InChI=1S/C15H13NO4/c1-4-10-7-5-6-8-12(10)16-9-11-13(17)19-15(2,3)20-14(11)18/h1,5-9,16H,2-3H3. The van der Waals surface area contributed by atoms with Gasteiger partial charge < -0.3 is 14.8 Å². The summed E-state index contributed by atoms with van der Waals surface area (Å²) >= 11 is 0. The van der Waals surface area contributed by atoms with E-state index in [4.69, 9.17) is 15.9 Å². The summed E-state index contributed by atoms with van der Waals surface area (Å²) < 4.78 is 9.94. The minimum Gasteiger partial charge on any atom is -0.419 e. The van der Waals surface area contributed by atoms with Crippen molar-refractivity contribution in [3.8, 4) is 12.3 Å². The summed E-state index contributed by atoms with van der Waals surface area (Å²) in [6.45, 7) is 2.97. The Morgan fingerprint density at radius 1 is 1.20 bits per heavy atom. The molecule has 1 aliphatic rings. The van der Waals surface area contributed by atoms with E-state index in [1.165, 1.54) is 20.0 Å². The topological polar surface area (TPSA) is 64.6 Å². The quantitative estimate of drug-likeness (QED) is 0.384. The van der Waals surface area contributed by atoms with Crippen LogP contribution in [-0.4, -0.2) is 17.7 Å². The van der Waals surface area contributed by atoms with Gasteiger partial charge in [0.1, 0.15) is 0 Å². The Kier molecular flexibility index (Phi) is 3.49. The number of para-hydroxylation sites is 1. The third-order valence-corrected chi connectivity index (χ3v) is 2.57. The number of cyclic esters (lactones) is 2. The number of anilines is 1. The lowest BCUT2D eigenvalue weighted by molar-refractivity contribution is -0.222. The second-order valence-electron chi connectivity index (χ2n) is 4.57. The van der Waals surface area contributed by atoms with Gasteiger partial charge in [0.2, 0.25) is 0 Å². The zero-order chi connectivity index (χ0) is 14.8. The first-order chi connectivity index (χ1) is 9.43. The van der Waals surface area contributed by atoms with E-state index in [-0.39, 0.29) is 5.57 Å². The number of carbonyl (C=O) groups excluding carboxylic acids is 2. The molecule has 5 heteroatoms. The molecule has 0 aliphatic carbocycles. The molecule has 0 unspecified atom stereocenters. The molecule has 2 rings (SSSR count). The average Bonchev–Trinajstić information content (AvgIpc) is 2.36. The molecule has 0 radical (unpaired) electrons. The SMILES string of the molecule is C#Cc1ccccc1NC=C1C(=O)OC(C)(C)OC1=O. The smallest absolute Gasteiger partial charge is 0.350 e. The maximum Gasteiger partial charge on any atom is 0.350 e. The fourth-order valence-corrected chi connectivity index (χ4v) is 1.66. The Bertz CT molecular complexity index is 616. The maximum atomic E-state index is 11.7. The molecule has 102 valence electrons. The van der Waals surface area contributed by atoms with E-state index in [1.54, 1.807) is 24.3 Å². The predicted octanol–water partition coefficient (Wildman–Crippen LogP) is 1.80. The Hall–Kier alpha value is -2.74. The van der Waals surface area contributed by atoms with Gasteiger partial charge >= 0.3 is 11.9 Å². The van der Waals surface area contributed by atoms with E-state index >= 15 is 0 Å². The molecule has 1 aromatic rings. The predicted molar refractivity (Wildman–Crippen MR) is 72.3 cm³/mol. The zero-order valence-corrected chi connectivity index (χ0v) is 11.1. The molecular weight excluding hydrogens is 258 g/mol. The van der Waals surface area contributed by atoms with Crippen LogP contribution in [0.4, 0.5) is 5.69 Å². The van der Waals surface area contributed by atoms with E-state index in [9.17, 15) is 9.59 Å². The van der Waals surface area contributed by atoms with Crippen LogP contribution >= 0.6 is 0 Å². The van der Waals surface area contributed by atoms with Gasteiger partial charge in [-0.05, 0) is 12.1 Å². The third kappa shape index (κ3) is 2.81. The Morgan fingerprint density at radius 2 is 1.80 bits per heavy atom. The van der Waals surface area contributed by atoms with Crippen LogP contribution in [0.5, 0.6) is 0 Å². The fraction of sp³-hybridized carbons (Fsp3) is 0.200. The Morgan fingerprint density at radius 3 is 2.40 bits per heavy atom. The third-order valence-electron chi connectivity index (χ3n) is 2.57. The van der Waals surface area contributed by atoms with Gasteiger partial charge in [0.15, 0.2) is 5.57 Å². The highest BCUT2D eigenvalue weighted by atomic mass is 16.7. The molecule has 1 aliphatic heterocycles. The molecule has 0 atom stereocenters. The first-order valence-electron chi connectivity index (χ1n) is 5.92. The van der Waals surface area contributed by atoms with E-state index < -0.39 is 17.7 Å². The van der Waals surface area contributed by atoms with Crippen molar-refractivity contribution in [3.63, 3.8) is 0 Å². The van der Waals surface area contributed by atoms with Gasteiger partial charge in [-0.3, -0.25) is 0 Å². The number of benzene rings is 1. The molecule has 0 spiro atoms. The van der Waals surface area contributed by atoms with Crippen molar-refractivity contribution in [2.75, 3.05) is 5.32 Å². The van der Waals surface area contributed by atoms with Crippen molar-refractivity contribution in [1.29, 1.82) is 0 Å². The van der Waals surface area contributed by atoms with Gasteiger partial charge in [0.25, 0.3) is 5.79 Å². The number of nitrogens with one attached hydrogen (secondary N) is 1. The molecular formula is C15H13NO4. The van der Waals surface area contributed by atoms with Gasteiger partial charge in [-0.1, -0.05) is 18.1 Å². The molecule has 20 heavy (non-hydrogen) atoms. The number of hydrogen-bond acceptors (Lipinski definition) is 5. The lowest BCUT2D eigenvalue weighted by atomic mass is 10.2. The lowest BCUT2D eigenvalue weighted by Crippen LogP contribution is -2.42. The minimum absolute atomic E-state index is 0.212. The highest BCUT2D eigenvalue weighted by Gasteiger charge is 2.38. The van der Waals surface area contributed by atoms with E-state index in [0.29, 0.717) is 11.3 Å². The molecule has 1 heterocycles. The molecule has 0 saturated carbocycles. The van der Waals surface area contributed by atoms with Crippen LogP contribution in [0.3, 0.4) is 0 Å². The van der Waals surface area contributed by atoms with Crippen molar-refractivity contribution < 1.29 is 19.1 Å². The van der Waals surface area contributed by atoms with Crippen LogP contribution in [-0.2, 0) is 19.1 Å². The number of ether oxygens (including phenoxy) is 2. The van der Waals surface area contributed by atoms with Crippen molar-refractivity contribution in [3.05, 3.63) is 41.6 Å². The molecule has 1 N–H and O–H groups in total. The summed E-state index contributed by atoms with van der Waals surface area (Å²) in [4.78, 5) is 23.4. The second kappa shape index (κ2) is 5.10. The van der Waals surface area contributed by atoms with Crippen LogP contribution in [0, 0.1) is 12.3 Å². The molecule has 0 aromatic heterocycles. The monoisotopic (exact) mass is 271 g/mol. The summed E-state index contributed by atoms with van der Waals surface area (Å²) in [6, 6.07) is 7.04. The van der Waals surface area contributed by atoms with Crippen LogP contribution in [0.15, 0.2) is 36.0 Å². The van der Waals surface area contributed by atoms with Crippen molar-refractivity contribution >= 4 is 17.6 Å². The lowest BCUT2D eigenvalue weighted by Gasteiger charge is -2.29. The van der Waals surface area contributed by atoms with Gasteiger partial charge in [-0.15, -0.1) is 6.42 Å². The molecule has 1 saturated heterocycles. The number of esters is 2. The van der Waals surface area contributed by atoms with Crippen LogP contribution < -0.4 is 5.32 Å². The van der Waals surface area contributed by atoms with Crippen molar-refractivity contribution in [1.82, 2.24) is 0 Å². The van der Waals surface area contributed by atoms with Gasteiger partial charge in [-0.25, -0.2) is 9.59 Å². The first kappa shape index (κ1) is 13.7. The number of carbonyl (C=O) groups is 2. The first-order valence-corrected chi connectivity index (χ1v) is 5.92. The Balaban J connectivity index is 2.22.